The van der Waals surface area contributed by atoms with Gasteiger partial charge in [0.2, 0.25) is 0 Å². The maximum Gasteiger partial charge on any atom is 0.367 e. The van der Waals surface area contributed by atoms with Crippen LogP contribution in [0.4, 0.5) is 0 Å². The van der Waals surface area contributed by atoms with E-state index in [1.165, 1.54) is 7.11 Å². The van der Waals surface area contributed by atoms with Crippen LogP contribution < -0.4 is 4.52 Å². The van der Waals surface area contributed by atoms with Gasteiger partial charge in [-0.2, -0.15) is 0 Å². The molecule has 12 heavy (non-hydrogen) atoms. The fourth-order valence-electron chi connectivity index (χ4n) is 0.641. The first-order valence-electron chi connectivity index (χ1n) is 3.24. The second kappa shape index (κ2) is 4.51. The third kappa shape index (κ3) is 2.86. The first kappa shape index (κ1) is 9.59. The monoisotopic (exact) mass is 206 g/mol. The van der Waals surface area contributed by atoms with Gasteiger partial charge in [-0.1, -0.05) is 11.6 Å². The normalized spacial score (nSPS) is 12.5. The van der Waals surface area contributed by atoms with Gasteiger partial charge in [-0.15, -0.1) is 0 Å². The quantitative estimate of drug-likeness (QED) is 0.714. The van der Waals surface area contributed by atoms with Crippen LogP contribution in [0.1, 0.15) is 0 Å². The van der Waals surface area contributed by atoms with Crippen LogP contribution in [0.2, 0.25) is 5.02 Å². The molecule has 0 aromatic heterocycles. The lowest BCUT2D eigenvalue weighted by molar-refractivity contribution is 0.349. The maximum atomic E-state index is 10.8. The van der Waals surface area contributed by atoms with Gasteiger partial charge in [-0.05, 0) is 24.3 Å². The van der Waals surface area contributed by atoms with Gasteiger partial charge >= 0.3 is 8.25 Å². The molecule has 0 fully saturated rings. The zero-order chi connectivity index (χ0) is 8.97. The Labute approximate surface area is 76.2 Å². The van der Waals surface area contributed by atoms with E-state index in [0.717, 1.165) is 0 Å². The molecule has 1 unspecified atom stereocenters. The van der Waals surface area contributed by atoms with E-state index in [0.29, 0.717) is 10.8 Å². The van der Waals surface area contributed by atoms with E-state index in [9.17, 15) is 4.57 Å². The summed E-state index contributed by atoms with van der Waals surface area (Å²) in [6.07, 6.45) is 0. The molecule has 0 saturated carbocycles. The van der Waals surface area contributed by atoms with Crippen LogP contribution >= 0.6 is 19.9 Å². The van der Waals surface area contributed by atoms with Crippen LogP contribution in [0.5, 0.6) is 5.75 Å². The van der Waals surface area contributed by atoms with Crippen molar-refractivity contribution in [1.82, 2.24) is 0 Å². The Kier molecular flexibility index (Phi) is 3.60. The Morgan fingerprint density at radius 1 is 1.33 bits per heavy atom. The third-order valence-electron chi connectivity index (χ3n) is 1.18. The van der Waals surface area contributed by atoms with E-state index in [4.69, 9.17) is 16.1 Å². The number of benzene rings is 1. The zero-order valence-electron chi connectivity index (χ0n) is 6.41. The second-order valence-corrected chi connectivity index (χ2v) is 3.56. The smallest absolute Gasteiger partial charge is 0.367 e. The van der Waals surface area contributed by atoms with E-state index < -0.39 is 8.25 Å². The van der Waals surface area contributed by atoms with Crippen molar-refractivity contribution >= 4 is 19.9 Å². The van der Waals surface area contributed by atoms with Gasteiger partial charge in [0, 0.05) is 12.1 Å². The zero-order valence-corrected chi connectivity index (χ0v) is 8.17. The van der Waals surface area contributed by atoms with Gasteiger partial charge in [0.05, 0.1) is 0 Å². The third-order valence-corrected chi connectivity index (χ3v) is 2.17. The summed E-state index contributed by atoms with van der Waals surface area (Å²) in [4.78, 5) is 0. The molecule has 66 valence electrons. The van der Waals surface area contributed by atoms with Crippen molar-refractivity contribution in [2.45, 2.75) is 0 Å². The number of rotatable bonds is 3. The highest BCUT2D eigenvalue weighted by molar-refractivity contribution is 7.33. The standard InChI is InChI=1S/C7H8ClO3P/c1-10-12(9)11-7-4-2-6(8)3-5-7/h2-5,12H,1H3. The highest BCUT2D eigenvalue weighted by atomic mass is 35.5. The molecule has 0 aliphatic rings. The Morgan fingerprint density at radius 3 is 2.42 bits per heavy atom. The molecule has 1 aromatic rings. The van der Waals surface area contributed by atoms with Gasteiger partial charge in [0.25, 0.3) is 0 Å². The minimum Gasteiger partial charge on any atom is -0.426 e. The highest BCUT2D eigenvalue weighted by Crippen LogP contribution is 2.27. The topological polar surface area (TPSA) is 35.5 Å². The van der Waals surface area contributed by atoms with Crippen LogP contribution in [-0.2, 0) is 9.09 Å². The van der Waals surface area contributed by atoms with Gasteiger partial charge < -0.3 is 9.05 Å². The van der Waals surface area contributed by atoms with Gasteiger partial charge in [-0.25, -0.2) is 4.57 Å². The Hall–Kier alpha value is -0.500. The summed E-state index contributed by atoms with van der Waals surface area (Å²) < 4.78 is 20.1. The summed E-state index contributed by atoms with van der Waals surface area (Å²) in [5, 5.41) is 0.611. The fourth-order valence-corrected chi connectivity index (χ4v) is 1.18. The Bertz CT molecular complexity index is 272. The van der Waals surface area contributed by atoms with Crippen molar-refractivity contribution in [3.8, 4) is 5.75 Å². The van der Waals surface area contributed by atoms with Crippen molar-refractivity contribution in [3.63, 3.8) is 0 Å². The summed E-state index contributed by atoms with van der Waals surface area (Å²) in [7, 11) is -1.06. The van der Waals surface area contributed by atoms with E-state index >= 15 is 0 Å². The minimum atomic E-state index is -2.39. The molecular weight excluding hydrogens is 199 g/mol. The molecule has 0 radical (unpaired) electrons. The van der Waals surface area contributed by atoms with Crippen molar-refractivity contribution < 1.29 is 13.6 Å². The molecule has 5 heteroatoms. The fraction of sp³-hybridized carbons (Fsp3) is 0.143. The Balaban J connectivity index is 2.64. The summed E-state index contributed by atoms with van der Waals surface area (Å²) in [5.41, 5.74) is 0. The largest absolute Gasteiger partial charge is 0.426 e. The number of halogens is 1. The molecule has 0 aliphatic heterocycles. The van der Waals surface area contributed by atoms with Gasteiger partial charge in [0.1, 0.15) is 5.75 Å². The molecule has 1 aromatic carbocycles. The second-order valence-electron chi connectivity index (χ2n) is 2.01. The highest BCUT2D eigenvalue weighted by Gasteiger charge is 1.98. The summed E-state index contributed by atoms with van der Waals surface area (Å²) in [5.74, 6) is 0.491. The van der Waals surface area contributed by atoms with Crippen LogP contribution in [0.3, 0.4) is 0 Å². The van der Waals surface area contributed by atoms with Gasteiger partial charge in [0.15, 0.2) is 0 Å². The van der Waals surface area contributed by atoms with E-state index in [-0.39, 0.29) is 0 Å². The predicted molar refractivity (Wildman–Crippen MR) is 48.1 cm³/mol. The van der Waals surface area contributed by atoms with Crippen LogP contribution in [-0.4, -0.2) is 7.11 Å². The molecular formula is C7H8ClO3P. The van der Waals surface area contributed by atoms with Crippen molar-refractivity contribution in [3.05, 3.63) is 29.3 Å². The average Bonchev–Trinajstić information content (AvgIpc) is 2.09. The summed E-state index contributed by atoms with van der Waals surface area (Å²) >= 11 is 5.63. The van der Waals surface area contributed by atoms with Crippen molar-refractivity contribution in [1.29, 1.82) is 0 Å². The molecule has 0 amide bonds. The molecule has 0 aliphatic carbocycles. The predicted octanol–water partition coefficient (Wildman–Crippen LogP) is 2.75. The first-order valence-corrected chi connectivity index (χ1v) is 4.84. The summed E-state index contributed by atoms with van der Waals surface area (Å²) in [6, 6.07) is 6.57. The van der Waals surface area contributed by atoms with E-state index in [1.807, 2.05) is 0 Å². The maximum absolute atomic E-state index is 10.8. The number of hydrogen-bond acceptors (Lipinski definition) is 3. The van der Waals surface area contributed by atoms with Crippen LogP contribution in [0, 0.1) is 0 Å². The average molecular weight is 207 g/mol. The first-order chi connectivity index (χ1) is 5.72. The van der Waals surface area contributed by atoms with Crippen LogP contribution in [0.15, 0.2) is 24.3 Å². The molecule has 0 saturated heterocycles. The molecule has 3 nitrogen and oxygen atoms in total. The molecule has 0 spiro atoms. The van der Waals surface area contributed by atoms with Crippen molar-refractivity contribution in [2.75, 3.05) is 7.11 Å². The lowest BCUT2D eigenvalue weighted by Gasteiger charge is -2.02. The van der Waals surface area contributed by atoms with Crippen molar-refractivity contribution in [2.24, 2.45) is 0 Å². The lowest BCUT2D eigenvalue weighted by atomic mass is 10.3. The SMILES string of the molecule is CO[PH](=O)Oc1ccc(Cl)cc1. The van der Waals surface area contributed by atoms with E-state index in [2.05, 4.69) is 4.52 Å². The number of hydrogen-bond donors (Lipinski definition) is 0. The van der Waals surface area contributed by atoms with Gasteiger partial charge in [-0.3, -0.25) is 0 Å². The van der Waals surface area contributed by atoms with Crippen LogP contribution in [0.25, 0.3) is 0 Å². The summed E-state index contributed by atoms with van der Waals surface area (Å²) in [6.45, 7) is 0. The molecule has 0 N–H and O–H groups in total. The lowest BCUT2D eigenvalue weighted by Crippen LogP contribution is -1.81. The Morgan fingerprint density at radius 2 is 1.92 bits per heavy atom. The van der Waals surface area contributed by atoms with E-state index in [1.54, 1.807) is 24.3 Å². The molecule has 1 atom stereocenters. The molecule has 1 rings (SSSR count). The minimum absolute atomic E-state index is 0.491. The molecule has 0 heterocycles. The molecule has 0 bridgehead atoms.